The monoisotopic (exact) mass is 265 g/mol. The average Bonchev–Trinajstić information content (AvgIpc) is 2.64. The quantitative estimate of drug-likeness (QED) is 0.793. The second kappa shape index (κ2) is 6.68. The van der Waals surface area contributed by atoms with Crippen molar-refractivity contribution in [1.82, 2.24) is 14.9 Å². The highest BCUT2D eigenvalue weighted by atomic mass is 16.1. The molecule has 0 radical (unpaired) electrons. The van der Waals surface area contributed by atoms with Gasteiger partial charge in [-0.15, -0.1) is 0 Å². The van der Waals surface area contributed by atoms with Crippen LogP contribution in [0.5, 0.6) is 0 Å². The number of nitrogens with one attached hydrogen (secondary N) is 1. The van der Waals surface area contributed by atoms with E-state index < -0.39 is 0 Å². The number of aromatic amines is 1. The first-order valence-electron chi connectivity index (χ1n) is 6.91. The lowest BCUT2D eigenvalue weighted by atomic mass is 10.1. The van der Waals surface area contributed by atoms with E-state index >= 15 is 0 Å². The summed E-state index contributed by atoms with van der Waals surface area (Å²) in [6, 6.07) is 1.57. The molecule has 2 rings (SSSR count). The molecule has 6 nitrogen and oxygen atoms in total. The summed E-state index contributed by atoms with van der Waals surface area (Å²) < 4.78 is 0. The number of nitrogens with zero attached hydrogens (tertiary/aromatic N) is 3. The highest BCUT2D eigenvalue weighted by Crippen LogP contribution is 2.11. The van der Waals surface area contributed by atoms with Gasteiger partial charge in [0, 0.05) is 32.2 Å². The molecule has 3 N–H and O–H groups in total. The van der Waals surface area contributed by atoms with E-state index in [1.54, 1.807) is 6.07 Å². The molecule has 0 aromatic carbocycles. The standard InChI is InChI=1S/C13H23N5O/c1-11(8-14)9-17-3-2-4-18(6-5-17)12-7-13(19)16-10-15-12/h7,10-11H,2-6,8-9,14H2,1H3,(H,15,16,19). The normalized spacial score (nSPS) is 19.2. The molecule has 1 aliphatic rings. The fourth-order valence-corrected chi connectivity index (χ4v) is 2.43. The highest BCUT2D eigenvalue weighted by Gasteiger charge is 2.17. The Morgan fingerprint density at radius 1 is 1.42 bits per heavy atom. The fourth-order valence-electron chi connectivity index (χ4n) is 2.43. The molecular weight excluding hydrogens is 242 g/mol. The zero-order chi connectivity index (χ0) is 13.7. The van der Waals surface area contributed by atoms with Crippen molar-refractivity contribution in [2.24, 2.45) is 11.7 Å². The van der Waals surface area contributed by atoms with Crippen LogP contribution in [0.15, 0.2) is 17.2 Å². The first kappa shape index (κ1) is 14.0. The van der Waals surface area contributed by atoms with E-state index in [1.165, 1.54) is 6.33 Å². The molecule has 6 heteroatoms. The van der Waals surface area contributed by atoms with E-state index in [1.807, 2.05) is 0 Å². The Balaban J connectivity index is 1.95. The summed E-state index contributed by atoms with van der Waals surface area (Å²) in [7, 11) is 0. The van der Waals surface area contributed by atoms with Crippen LogP contribution in [0.1, 0.15) is 13.3 Å². The summed E-state index contributed by atoms with van der Waals surface area (Å²) in [6.45, 7) is 7.91. The minimum Gasteiger partial charge on any atom is -0.355 e. The van der Waals surface area contributed by atoms with E-state index in [4.69, 9.17) is 5.73 Å². The Bertz CT molecular complexity index is 447. The third-order valence-corrected chi connectivity index (χ3v) is 3.55. The van der Waals surface area contributed by atoms with Crippen LogP contribution in [-0.4, -0.2) is 54.1 Å². The second-order valence-electron chi connectivity index (χ2n) is 5.25. The molecule has 106 valence electrons. The van der Waals surface area contributed by atoms with Crippen molar-refractivity contribution in [2.75, 3.05) is 44.2 Å². The van der Waals surface area contributed by atoms with E-state index in [0.29, 0.717) is 5.92 Å². The van der Waals surface area contributed by atoms with Gasteiger partial charge < -0.3 is 20.5 Å². The lowest BCUT2D eigenvalue weighted by molar-refractivity contribution is 0.255. The molecule has 1 aromatic heterocycles. The van der Waals surface area contributed by atoms with E-state index in [0.717, 1.165) is 51.5 Å². The van der Waals surface area contributed by atoms with Gasteiger partial charge in [-0.2, -0.15) is 0 Å². The van der Waals surface area contributed by atoms with Crippen LogP contribution in [0.3, 0.4) is 0 Å². The average molecular weight is 265 g/mol. The largest absolute Gasteiger partial charge is 0.355 e. The Morgan fingerprint density at radius 3 is 3.00 bits per heavy atom. The minimum atomic E-state index is -0.0946. The SMILES string of the molecule is CC(CN)CN1CCCN(c2cc(=O)[nH]cn2)CC1. The van der Waals surface area contributed by atoms with Crippen molar-refractivity contribution >= 4 is 5.82 Å². The van der Waals surface area contributed by atoms with Gasteiger partial charge >= 0.3 is 0 Å². The third kappa shape index (κ3) is 4.04. The van der Waals surface area contributed by atoms with Crippen molar-refractivity contribution < 1.29 is 0 Å². The zero-order valence-corrected chi connectivity index (χ0v) is 11.5. The molecule has 0 bridgehead atoms. The van der Waals surface area contributed by atoms with Crippen LogP contribution >= 0.6 is 0 Å². The molecule has 1 unspecified atom stereocenters. The minimum absolute atomic E-state index is 0.0946. The number of hydrogen-bond donors (Lipinski definition) is 2. The molecule has 0 saturated carbocycles. The Labute approximate surface area is 113 Å². The Kier molecular flexibility index (Phi) is 4.93. The molecule has 2 heterocycles. The molecule has 19 heavy (non-hydrogen) atoms. The number of H-pyrrole nitrogens is 1. The predicted molar refractivity (Wildman–Crippen MR) is 76.3 cm³/mol. The molecule has 1 atom stereocenters. The van der Waals surface area contributed by atoms with Gasteiger partial charge in [0.15, 0.2) is 0 Å². The van der Waals surface area contributed by atoms with Gasteiger partial charge in [0.1, 0.15) is 5.82 Å². The smallest absolute Gasteiger partial charge is 0.252 e. The van der Waals surface area contributed by atoms with Crippen molar-refractivity contribution in [3.63, 3.8) is 0 Å². The number of aromatic nitrogens is 2. The molecule has 1 aromatic rings. The van der Waals surface area contributed by atoms with Crippen LogP contribution in [0.25, 0.3) is 0 Å². The molecule has 1 saturated heterocycles. The molecule has 1 aliphatic heterocycles. The Hall–Kier alpha value is -1.40. The van der Waals surface area contributed by atoms with E-state index in [-0.39, 0.29) is 5.56 Å². The molecule has 1 fully saturated rings. The summed E-state index contributed by atoms with van der Waals surface area (Å²) in [5, 5.41) is 0. The lowest BCUT2D eigenvalue weighted by Gasteiger charge is -2.24. The van der Waals surface area contributed by atoms with Gasteiger partial charge in [0.25, 0.3) is 5.56 Å². The maximum atomic E-state index is 11.3. The first-order valence-corrected chi connectivity index (χ1v) is 6.91. The van der Waals surface area contributed by atoms with Gasteiger partial charge in [0.2, 0.25) is 0 Å². The number of anilines is 1. The summed E-state index contributed by atoms with van der Waals surface area (Å²) in [5.74, 6) is 1.31. The Morgan fingerprint density at radius 2 is 2.26 bits per heavy atom. The summed E-state index contributed by atoms with van der Waals surface area (Å²) in [6.07, 6.45) is 2.56. The second-order valence-corrected chi connectivity index (χ2v) is 5.25. The van der Waals surface area contributed by atoms with Crippen molar-refractivity contribution in [3.8, 4) is 0 Å². The topological polar surface area (TPSA) is 78.2 Å². The van der Waals surface area contributed by atoms with Crippen molar-refractivity contribution in [3.05, 3.63) is 22.7 Å². The fraction of sp³-hybridized carbons (Fsp3) is 0.692. The predicted octanol–water partition coefficient (Wildman–Crippen LogP) is -0.123. The summed E-state index contributed by atoms with van der Waals surface area (Å²) >= 11 is 0. The zero-order valence-electron chi connectivity index (χ0n) is 11.5. The number of hydrogen-bond acceptors (Lipinski definition) is 5. The maximum absolute atomic E-state index is 11.3. The summed E-state index contributed by atoms with van der Waals surface area (Å²) in [5.41, 5.74) is 5.58. The van der Waals surface area contributed by atoms with Crippen molar-refractivity contribution in [2.45, 2.75) is 13.3 Å². The van der Waals surface area contributed by atoms with Crippen LogP contribution in [0.4, 0.5) is 5.82 Å². The molecule has 0 aliphatic carbocycles. The van der Waals surface area contributed by atoms with Gasteiger partial charge in [-0.05, 0) is 25.4 Å². The summed E-state index contributed by atoms with van der Waals surface area (Å²) in [4.78, 5) is 22.7. The van der Waals surface area contributed by atoms with Gasteiger partial charge in [-0.3, -0.25) is 4.79 Å². The van der Waals surface area contributed by atoms with E-state index in [9.17, 15) is 4.79 Å². The van der Waals surface area contributed by atoms with Gasteiger partial charge in [-0.1, -0.05) is 6.92 Å². The van der Waals surface area contributed by atoms with Gasteiger partial charge in [-0.25, -0.2) is 4.98 Å². The van der Waals surface area contributed by atoms with Crippen molar-refractivity contribution in [1.29, 1.82) is 0 Å². The van der Waals surface area contributed by atoms with Crippen LogP contribution in [0, 0.1) is 5.92 Å². The molecule has 0 amide bonds. The van der Waals surface area contributed by atoms with Crippen LogP contribution in [0.2, 0.25) is 0 Å². The van der Waals surface area contributed by atoms with Crippen LogP contribution in [-0.2, 0) is 0 Å². The molecular formula is C13H23N5O. The number of rotatable bonds is 4. The van der Waals surface area contributed by atoms with Gasteiger partial charge in [0.05, 0.1) is 6.33 Å². The number of nitrogens with two attached hydrogens (primary N) is 1. The molecule has 0 spiro atoms. The van der Waals surface area contributed by atoms with Crippen LogP contribution < -0.4 is 16.2 Å². The maximum Gasteiger partial charge on any atom is 0.252 e. The lowest BCUT2D eigenvalue weighted by Crippen LogP contribution is -2.35. The third-order valence-electron chi connectivity index (χ3n) is 3.55. The highest BCUT2D eigenvalue weighted by molar-refractivity contribution is 5.36. The first-order chi connectivity index (χ1) is 9.19. The van der Waals surface area contributed by atoms with E-state index in [2.05, 4.69) is 26.7 Å².